The highest BCUT2D eigenvalue weighted by Gasteiger charge is 2.24. The van der Waals surface area contributed by atoms with Gasteiger partial charge in [-0.3, -0.25) is 19.5 Å². The lowest BCUT2D eigenvalue weighted by atomic mass is 10.2. The standard InChI is InChI=1S/C15H19N3O4.2C5H10O2/c1-20-10-3-4-18(8-10)7-9-5-11-13(17-6-9)12(14(16)22-11)15(19)21-2;2*1-5(2,3)7-4-6/h5-6,10H,3-4,7-8,16H2,1-2H3;2*4H,1-3H3. The largest absolute Gasteiger partial charge is 0.465 e. The number of nitrogen functional groups attached to an aromatic ring is 1. The van der Waals surface area contributed by atoms with E-state index in [1.54, 1.807) is 13.3 Å². The van der Waals surface area contributed by atoms with Crippen molar-refractivity contribution in [3.05, 3.63) is 23.4 Å². The highest BCUT2D eigenvalue weighted by atomic mass is 16.5. The maximum Gasteiger partial charge on any atom is 0.345 e. The molecule has 0 amide bonds. The summed E-state index contributed by atoms with van der Waals surface area (Å²) >= 11 is 0. The molecule has 2 aromatic heterocycles. The number of furan rings is 1. The van der Waals surface area contributed by atoms with Gasteiger partial charge in [-0.1, -0.05) is 0 Å². The van der Waals surface area contributed by atoms with E-state index in [9.17, 15) is 14.4 Å². The van der Waals surface area contributed by atoms with E-state index in [0.717, 1.165) is 31.6 Å². The van der Waals surface area contributed by atoms with Crippen LogP contribution >= 0.6 is 0 Å². The van der Waals surface area contributed by atoms with Gasteiger partial charge in [0.05, 0.1) is 13.2 Å². The van der Waals surface area contributed by atoms with Crippen LogP contribution in [0.2, 0.25) is 0 Å². The summed E-state index contributed by atoms with van der Waals surface area (Å²) in [5.41, 5.74) is 7.24. The minimum atomic E-state index is -0.543. The van der Waals surface area contributed by atoms with Crippen molar-refractivity contribution < 1.29 is 37.7 Å². The molecular formula is C25H39N3O8. The molecule has 36 heavy (non-hydrogen) atoms. The number of aromatic nitrogens is 1. The van der Waals surface area contributed by atoms with Gasteiger partial charge >= 0.3 is 5.97 Å². The molecule has 1 aliphatic rings. The first-order valence-electron chi connectivity index (χ1n) is 11.5. The number of carbonyl (C=O) groups is 3. The molecule has 1 unspecified atom stereocenters. The zero-order valence-electron chi connectivity index (χ0n) is 22.5. The topological polar surface area (TPSA) is 143 Å². The normalized spacial score (nSPS) is 15.7. The first-order chi connectivity index (χ1) is 16.7. The second-order valence-corrected chi connectivity index (χ2v) is 10.1. The van der Waals surface area contributed by atoms with E-state index in [-0.39, 0.29) is 22.6 Å². The fraction of sp³-hybridized carbons (Fsp3) is 0.600. The zero-order chi connectivity index (χ0) is 27.5. The highest BCUT2D eigenvalue weighted by molar-refractivity contribution is 6.05. The van der Waals surface area contributed by atoms with Crippen molar-refractivity contribution in [1.82, 2.24) is 9.88 Å². The molecule has 2 aromatic rings. The van der Waals surface area contributed by atoms with Gasteiger partial charge in [-0.2, -0.15) is 0 Å². The molecule has 202 valence electrons. The number of methoxy groups -OCH3 is 2. The molecule has 11 nitrogen and oxygen atoms in total. The Labute approximate surface area is 212 Å². The molecule has 3 heterocycles. The van der Waals surface area contributed by atoms with E-state index in [1.165, 1.54) is 7.11 Å². The Hall–Kier alpha value is -3.18. The molecule has 0 bridgehead atoms. The van der Waals surface area contributed by atoms with Crippen LogP contribution in [0.5, 0.6) is 0 Å². The van der Waals surface area contributed by atoms with Gasteiger partial charge in [-0.05, 0) is 59.6 Å². The lowest BCUT2D eigenvalue weighted by Gasteiger charge is -2.15. The van der Waals surface area contributed by atoms with Crippen molar-refractivity contribution in [2.24, 2.45) is 0 Å². The molecule has 1 atom stereocenters. The third kappa shape index (κ3) is 10.6. The third-order valence-corrected chi connectivity index (χ3v) is 4.77. The van der Waals surface area contributed by atoms with E-state index in [4.69, 9.17) is 19.6 Å². The average Bonchev–Trinajstić information content (AvgIpc) is 3.35. The van der Waals surface area contributed by atoms with Crippen LogP contribution in [0.1, 0.15) is 63.9 Å². The van der Waals surface area contributed by atoms with E-state index >= 15 is 0 Å². The summed E-state index contributed by atoms with van der Waals surface area (Å²) in [7, 11) is 3.04. The molecule has 11 heteroatoms. The number of pyridine rings is 1. The first kappa shape index (κ1) is 30.9. The predicted molar refractivity (Wildman–Crippen MR) is 134 cm³/mol. The second kappa shape index (κ2) is 13.8. The maximum absolute atomic E-state index is 11.7. The second-order valence-electron chi connectivity index (χ2n) is 10.1. The van der Waals surface area contributed by atoms with Crippen molar-refractivity contribution >= 4 is 35.9 Å². The number of hydrogen-bond donors (Lipinski definition) is 1. The van der Waals surface area contributed by atoms with Crippen LogP contribution in [0.4, 0.5) is 5.88 Å². The van der Waals surface area contributed by atoms with Crippen molar-refractivity contribution in [1.29, 1.82) is 0 Å². The Morgan fingerprint density at radius 2 is 1.72 bits per heavy atom. The molecule has 3 rings (SSSR count). The average molecular weight is 510 g/mol. The van der Waals surface area contributed by atoms with Gasteiger partial charge in [0.1, 0.15) is 22.3 Å². The van der Waals surface area contributed by atoms with Crippen molar-refractivity contribution in [3.8, 4) is 0 Å². The van der Waals surface area contributed by atoms with Gasteiger partial charge in [0.2, 0.25) is 5.88 Å². The Balaban J connectivity index is 0.000000383. The van der Waals surface area contributed by atoms with Crippen LogP contribution in [-0.2, 0) is 35.1 Å². The van der Waals surface area contributed by atoms with Crippen LogP contribution in [0.3, 0.4) is 0 Å². The molecule has 1 saturated heterocycles. The maximum atomic E-state index is 11.7. The van der Waals surface area contributed by atoms with Crippen molar-refractivity contribution in [2.45, 2.75) is 71.8 Å². The van der Waals surface area contributed by atoms with Gasteiger partial charge in [0.15, 0.2) is 5.58 Å². The molecule has 1 fully saturated rings. The molecule has 0 radical (unpaired) electrons. The quantitative estimate of drug-likeness (QED) is 0.348. The van der Waals surface area contributed by atoms with Gasteiger partial charge in [-0.25, -0.2) is 4.79 Å². The number of nitrogens with zero attached hydrogens (tertiary/aromatic N) is 2. The molecule has 2 N–H and O–H groups in total. The lowest BCUT2D eigenvalue weighted by Crippen LogP contribution is -2.22. The summed E-state index contributed by atoms with van der Waals surface area (Å²) in [6.07, 6.45) is 3.07. The van der Waals surface area contributed by atoms with Crippen LogP contribution < -0.4 is 5.73 Å². The predicted octanol–water partition coefficient (Wildman–Crippen LogP) is 3.33. The summed E-state index contributed by atoms with van der Waals surface area (Å²) in [6, 6.07) is 1.87. The number of esters is 1. The first-order valence-corrected chi connectivity index (χ1v) is 11.5. The summed E-state index contributed by atoms with van der Waals surface area (Å²) in [5, 5.41) is 0. The minimum absolute atomic E-state index is 0.0344. The van der Waals surface area contributed by atoms with Crippen molar-refractivity contribution in [2.75, 3.05) is 33.0 Å². The lowest BCUT2D eigenvalue weighted by molar-refractivity contribution is -0.139. The summed E-state index contributed by atoms with van der Waals surface area (Å²) in [5.74, 6) is -0.508. The number of likely N-dealkylation sites (tertiary alicyclic amines) is 1. The summed E-state index contributed by atoms with van der Waals surface area (Å²) in [4.78, 5) is 37.5. The van der Waals surface area contributed by atoms with Crippen LogP contribution in [-0.4, -0.2) is 73.4 Å². The van der Waals surface area contributed by atoms with E-state index in [1.807, 2.05) is 47.6 Å². The highest BCUT2D eigenvalue weighted by Crippen LogP contribution is 2.28. The van der Waals surface area contributed by atoms with Crippen LogP contribution in [0.25, 0.3) is 11.1 Å². The molecule has 0 aliphatic carbocycles. The summed E-state index contributed by atoms with van der Waals surface area (Å²) < 4.78 is 24.6. The van der Waals surface area contributed by atoms with Crippen LogP contribution in [0, 0.1) is 0 Å². The monoisotopic (exact) mass is 509 g/mol. The number of carbonyl (C=O) groups excluding carboxylic acids is 3. The number of hydrogen-bond acceptors (Lipinski definition) is 11. The minimum Gasteiger partial charge on any atom is -0.465 e. The molecular weight excluding hydrogens is 470 g/mol. The number of nitrogens with two attached hydrogens (primary N) is 1. The molecule has 0 aromatic carbocycles. The Bertz CT molecular complexity index is 972. The summed E-state index contributed by atoms with van der Waals surface area (Å²) in [6.45, 7) is 14.5. The Morgan fingerprint density at radius 3 is 2.14 bits per heavy atom. The zero-order valence-corrected chi connectivity index (χ0v) is 22.5. The SMILES string of the molecule is CC(C)(C)OC=O.CC(C)(C)OC=O.COC(=O)c1c(N)oc2cc(CN3CCC(OC)C3)cnc12. The van der Waals surface area contributed by atoms with Crippen LogP contribution in [0.15, 0.2) is 16.7 Å². The Kier molecular flexibility index (Phi) is 11.8. The smallest absolute Gasteiger partial charge is 0.345 e. The number of fused-ring (bicyclic) bond motifs is 1. The van der Waals surface area contributed by atoms with Gasteiger partial charge in [0, 0.05) is 32.9 Å². The number of ether oxygens (including phenoxy) is 4. The van der Waals surface area contributed by atoms with Gasteiger partial charge < -0.3 is 29.1 Å². The molecule has 0 saturated carbocycles. The van der Waals surface area contributed by atoms with E-state index < -0.39 is 5.97 Å². The fourth-order valence-corrected chi connectivity index (χ4v) is 3.10. The Morgan fingerprint density at radius 1 is 1.14 bits per heavy atom. The third-order valence-electron chi connectivity index (χ3n) is 4.77. The van der Waals surface area contributed by atoms with E-state index in [2.05, 4.69) is 19.4 Å². The number of rotatable bonds is 6. The van der Waals surface area contributed by atoms with Gasteiger partial charge in [-0.15, -0.1) is 0 Å². The molecule has 1 aliphatic heterocycles. The van der Waals surface area contributed by atoms with E-state index in [0.29, 0.717) is 30.1 Å². The van der Waals surface area contributed by atoms with Crippen molar-refractivity contribution in [3.63, 3.8) is 0 Å². The fourth-order valence-electron chi connectivity index (χ4n) is 3.10. The molecule has 0 spiro atoms. The number of anilines is 1. The van der Waals surface area contributed by atoms with Gasteiger partial charge in [0.25, 0.3) is 12.9 Å².